The van der Waals surface area contributed by atoms with Crippen LogP contribution in [0.1, 0.15) is 46.5 Å². The Hall–Kier alpha value is -1.56. The normalized spacial score (nSPS) is 26.9. The van der Waals surface area contributed by atoms with E-state index in [1.165, 1.54) is 18.6 Å². The summed E-state index contributed by atoms with van der Waals surface area (Å²) < 4.78 is 13.0. The molecule has 0 heterocycles. The van der Waals surface area contributed by atoms with Gasteiger partial charge in [0.05, 0.1) is 6.07 Å². The van der Waals surface area contributed by atoms with Crippen molar-refractivity contribution in [3.8, 4) is 6.07 Å². The first-order chi connectivity index (χ1) is 9.37. The van der Waals surface area contributed by atoms with Gasteiger partial charge in [-0.1, -0.05) is 33.6 Å². The van der Waals surface area contributed by atoms with E-state index in [0.29, 0.717) is 5.92 Å². The van der Waals surface area contributed by atoms with Gasteiger partial charge in [0.2, 0.25) is 0 Å². The summed E-state index contributed by atoms with van der Waals surface area (Å²) in [5, 5.41) is 13.2. The van der Waals surface area contributed by atoms with Crippen LogP contribution in [0.25, 0.3) is 0 Å². The Morgan fingerprint density at radius 2 is 1.90 bits per heavy atom. The van der Waals surface area contributed by atoms with Crippen molar-refractivity contribution in [3.05, 3.63) is 30.1 Å². The summed E-state index contributed by atoms with van der Waals surface area (Å²) in [6.45, 7) is 6.59. The third-order valence-electron chi connectivity index (χ3n) is 4.37. The number of hydrogen-bond donors (Lipinski definition) is 1. The number of halogens is 1. The number of nitriles is 1. The number of rotatable bonds is 2. The summed E-state index contributed by atoms with van der Waals surface area (Å²) >= 11 is 0. The first kappa shape index (κ1) is 14.8. The van der Waals surface area contributed by atoms with Gasteiger partial charge in [0, 0.05) is 11.6 Å². The van der Waals surface area contributed by atoms with E-state index in [1.807, 2.05) is 0 Å². The molecule has 0 radical (unpaired) electrons. The van der Waals surface area contributed by atoms with Crippen LogP contribution in [0.5, 0.6) is 0 Å². The maximum absolute atomic E-state index is 13.0. The van der Waals surface area contributed by atoms with Gasteiger partial charge < -0.3 is 5.32 Å². The molecule has 1 aromatic rings. The first-order valence-electron chi connectivity index (χ1n) is 7.32. The molecule has 0 bridgehead atoms. The van der Waals surface area contributed by atoms with E-state index in [9.17, 15) is 9.65 Å². The lowest BCUT2D eigenvalue weighted by Crippen LogP contribution is -2.51. The standard InChI is InChI=1S/C17H23FN2/c1-16(2,3)15-6-4-5-11-17(15,12-19)20-14-9-7-13(18)8-10-14/h7-10,15,20H,4-6,11H2,1-3H3. The molecule has 2 atom stereocenters. The van der Waals surface area contributed by atoms with Crippen LogP contribution in [0.3, 0.4) is 0 Å². The van der Waals surface area contributed by atoms with Gasteiger partial charge in [0.1, 0.15) is 11.4 Å². The maximum atomic E-state index is 13.0. The number of nitrogens with zero attached hydrogens (tertiary/aromatic N) is 1. The SMILES string of the molecule is CC(C)(C)C1CCCCC1(C#N)Nc1ccc(F)cc1. The Labute approximate surface area is 121 Å². The average molecular weight is 274 g/mol. The highest BCUT2D eigenvalue weighted by molar-refractivity contribution is 5.48. The second-order valence-electron chi connectivity index (χ2n) is 6.88. The lowest BCUT2D eigenvalue weighted by Gasteiger charge is -2.46. The lowest BCUT2D eigenvalue weighted by molar-refractivity contribution is 0.127. The van der Waals surface area contributed by atoms with E-state index in [4.69, 9.17) is 0 Å². The topological polar surface area (TPSA) is 35.8 Å². The summed E-state index contributed by atoms with van der Waals surface area (Å²) in [5.41, 5.74) is 0.349. The van der Waals surface area contributed by atoms with Crippen LogP contribution in [0, 0.1) is 28.5 Å². The smallest absolute Gasteiger partial charge is 0.128 e. The van der Waals surface area contributed by atoms with Gasteiger partial charge in [-0.3, -0.25) is 0 Å². The van der Waals surface area contributed by atoms with E-state index < -0.39 is 5.54 Å². The molecule has 0 aromatic heterocycles. The van der Waals surface area contributed by atoms with E-state index in [0.717, 1.165) is 24.9 Å². The molecule has 1 aromatic carbocycles. The monoisotopic (exact) mass is 274 g/mol. The molecule has 2 unspecified atom stereocenters. The maximum Gasteiger partial charge on any atom is 0.128 e. The largest absolute Gasteiger partial charge is 0.367 e. The fourth-order valence-corrected chi connectivity index (χ4v) is 3.45. The second-order valence-corrected chi connectivity index (χ2v) is 6.88. The van der Waals surface area contributed by atoms with Crippen molar-refractivity contribution in [2.75, 3.05) is 5.32 Å². The molecule has 0 aliphatic heterocycles. The van der Waals surface area contributed by atoms with Crippen LogP contribution in [-0.2, 0) is 0 Å². The van der Waals surface area contributed by atoms with Gasteiger partial charge in [0.25, 0.3) is 0 Å². The molecule has 20 heavy (non-hydrogen) atoms. The van der Waals surface area contributed by atoms with Gasteiger partial charge in [-0.25, -0.2) is 4.39 Å². The van der Waals surface area contributed by atoms with Crippen LogP contribution < -0.4 is 5.32 Å². The Kier molecular flexibility index (Phi) is 4.04. The van der Waals surface area contributed by atoms with Crippen LogP contribution in [0.15, 0.2) is 24.3 Å². The van der Waals surface area contributed by atoms with Crippen molar-refractivity contribution >= 4 is 5.69 Å². The molecule has 108 valence electrons. The van der Waals surface area contributed by atoms with E-state index in [1.54, 1.807) is 12.1 Å². The predicted molar refractivity (Wildman–Crippen MR) is 79.8 cm³/mol. The molecule has 2 rings (SSSR count). The van der Waals surface area contributed by atoms with Crippen LogP contribution in [0.2, 0.25) is 0 Å². The minimum Gasteiger partial charge on any atom is -0.367 e. The Balaban J connectivity index is 2.31. The first-order valence-corrected chi connectivity index (χ1v) is 7.32. The zero-order chi connectivity index (χ0) is 14.8. The molecular weight excluding hydrogens is 251 g/mol. The lowest BCUT2D eigenvalue weighted by atomic mass is 9.62. The molecule has 1 aliphatic rings. The average Bonchev–Trinajstić information content (AvgIpc) is 2.41. The highest BCUT2D eigenvalue weighted by Crippen LogP contribution is 2.45. The quantitative estimate of drug-likeness (QED) is 0.845. The fraction of sp³-hybridized carbons (Fsp3) is 0.588. The van der Waals surface area contributed by atoms with Gasteiger partial charge >= 0.3 is 0 Å². The van der Waals surface area contributed by atoms with Crippen molar-refractivity contribution in [3.63, 3.8) is 0 Å². The van der Waals surface area contributed by atoms with Crippen LogP contribution >= 0.6 is 0 Å². The zero-order valence-corrected chi connectivity index (χ0v) is 12.5. The van der Waals surface area contributed by atoms with E-state index in [2.05, 4.69) is 32.2 Å². The van der Waals surface area contributed by atoms with Gasteiger partial charge in [-0.05, 0) is 42.5 Å². The fourth-order valence-electron chi connectivity index (χ4n) is 3.45. The summed E-state index contributed by atoms with van der Waals surface area (Å²) in [4.78, 5) is 0. The summed E-state index contributed by atoms with van der Waals surface area (Å²) in [6.07, 6.45) is 4.15. The molecule has 1 fully saturated rings. The summed E-state index contributed by atoms with van der Waals surface area (Å²) in [5.74, 6) is 0.0383. The Morgan fingerprint density at radius 1 is 1.25 bits per heavy atom. The summed E-state index contributed by atoms with van der Waals surface area (Å²) in [7, 11) is 0. The van der Waals surface area contributed by atoms with Gasteiger partial charge in [-0.2, -0.15) is 5.26 Å². The molecule has 0 amide bonds. The molecule has 0 spiro atoms. The molecule has 1 N–H and O–H groups in total. The molecular formula is C17H23FN2. The minimum atomic E-state index is -0.547. The third kappa shape index (κ3) is 2.95. The molecule has 1 saturated carbocycles. The highest BCUT2D eigenvalue weighted by atomic mass is 19.1. The predicted octanol–water partition coefficient (Wildman–Crippen LogP) is 4.74. The van der Waals surface area contributed by atoms with Gasteiger partial charge in [-0.15, -0.1) is 0 Å². The van der Waals surface area contributed by atoms with Crippen molar-refractivity contribution in [2.45, 2.75) is 52.0 Å². The molecule has 0 saturated heterocycles. The number of benzene rings is 1. The van der Waals surface area contributed by atoms with Crippen LogP contribution in [0.4, 0.5) is 10.1 Å². The van der Waals surface area contributed by atoms with Crippen molar-refractivity contribution in [1.82, 2.24) is 0 Å². The van der Waals surface area contributed by atoms with Crippen molar-refractivity contribution in [1.29, 1.82) is 5.26 Å². The Morgan fingerprint density at radius 3 is 2.45 bits per heavy atom. The highest BCUT2D eigenvalue weighted by Gasteiger charge is 2.46. The number of nitrogens with one attached hydrogen (secondary N) is 1. The van der Waals surface area contributed by atoms with E-state index in [-0.39, 0.29) is 11.2 Å². The zero-order valence-electron chi connectivity index (χ0n) is 12.5. The Bertz CT molecular complexity index is 495. The third-order valence-corrected chi connectivity index (χ3v) is 4.37. The molecule has 2 nitrogen and oxygen atoms in total. The molecule has 1 aliphatic carbocycles. The minimum absolute atomic E-state index is 0.0726. The van der Waals surface area contributed by atoms with Crippen LogP contribution in [-0.4, -0.2) is 5.54 Å². The van der Waals surface area contributed by atoms with Gasteiger partial charge in [0.15, 0.2) is 0 Å². The van der Waals surface area contributed by atoms with E-state index >= 15 is 0 Å². The van der Waals surface area contributed by atoms with Crippen molar-refractivity contribution < 1.29 is 4.39 Å². The second kappa shape index (κ2) is 5.44. The number of anilines is 1. The number of hydrogen-bond acceptors (Lipinski definition) is 2. The molecule has 3 heteroatoms. The summed E-state index contributed by atoms with van der Waals surface area (Å²) in [6, 6.07) is 8.82. The van der Waals surface area contributed by atoms with Crippen molar-refractivity contribution in [2.24, 2.45) is 11.3 Å².